The molecule has 0 bridgehead atoms. The second kappa shape index (κ2) is 4.10. The minimum absolute atomic E-state index is 0.567. The van der Waals surface area contributed by atoms with Gasteiger partial charge < -0.3 is 5.11 Å². The fraction of sp³-hybridized carbons (Fsp3) is 0.100. The first-order valence-electron chi connectivity index (χ1n) is 3.77. The molecule has 1 rings (SSSR count). The molecule has 0 amide bonds. The van der Waals surface area contributed by atoms with Crippen molar-refractivity contribution < 1.29 is 9.90 Å². The first-order valence-corrected chi connectivity index (χ1v) is 4.15. The van der Waals surface area contributed by atoms with Crippen molar-refractivity contribution in [2.24, 2.45) is 0 Å². The van der Waals surface area contributed by atoms with Gasteiger partial charge in [-0.3, -0.25) is 0 Å². The number of allylic oxidation sites excluding steroid dienone is 1. The molecule has 0 saturated heterocycles. The third-order valence-electron chi connectivity index (χ3n) is 1.64. The molecule has 0 aliphatic heterocycles. The van der Waals surface area contributed by atoms with Gasteiger partial charge in [0, 0.05) is 11.1 Å². The summed E-state index contributed by atoms with van der Waals surface area (Å²) in [5, 5.41) is 9.08. The highest BCUT2D eigenvalue weighted by molar-refractivity contribution is 6.32. The zero-order chi connectivity index (χ0) is 9.84. The highest BCUT2D eigenvalue weighted by Gasteiger charge is 2.01. The second-order valence-corrected chi connectivity index (χ2v) is 3.05. The van der Waals surface area contributed by atoms with Crippen molar-refractivity contribution in [3.8, 4) is 0 Å². The Labute approximate surface area is 81.5 Å². The maximum absolute atomic E-state index is 10.4. The van der Waals surface area contributed by atoms with Gasteiger partial charge in [0.15, 0.2) is 0 Å². The molecule has 0 saturated carbocycles. The molecule has 0 radical (unpaired) electrons. The Bertz CT molecular complexity index is 356. The van der Waals surface area contributed by atoms with Gasteiger partial charge in [-0.25, -0.2) is 4.79 Å². The summed E-state index contributed by atoms with van der Waals surface area (Å²) in [4.78, 5) is 10.4. The number of hydrogen-bond acceptors (Lipinski definition) is 1. The Morgan fingerprint density at radius 3 is 2.62 bits per heavy atom. The zero-order valence-corrected chi connectivity index (χ0v) is 7.88. The minimum atomic E-state index is -0.961. The van der Waals surface area contributed by atoms with E-state index in [1.807, 2.05) is 6.07 Å². The molecule has 0 unspecified atom stereocenters. The molecule has 3 heteroatoms. The van der Waals surface area contributed by atoms with Gasteiger partial charge in [0.1, 0.15) is 0 Å². The van der Waals surface area contributed by atoms with E-state index in [0.29, 0.717) is 10.6 Å². The van der Waals surface area contributed by atoms with Crippen molar-refractivity contribution in [1.82, 2.24) is 0 Å². The molecule has 0 aromatic heterocycles. The van der Waals surface area contributed by atoms with E-state index >= 15 is 0 Å². The lowest BCUT2D eigenvalue weighted by Crippen LogP contribution is -1.90. The third-order valence-corrected chi connectivity index (χ3v) is 1.97. The Hall–Kier alpha value is -1.28. The van der Waals surface area contributed by atoms with Gasteiger partial charge in [0.05, 0.1) is 0 Å². The number of aliphatic carboxylic acids is 1. The maximum atomic E-state index is 10.4. The quantitative estimate of drug-likeness (QED) is 0.739. The predicted octanol–water partition coefficient (Wildman–Crippen LogP) is 2.83. The fourth-order valence-electron chi connectivity index (χ4n) is 1.04. The van der Waals surface area contributed by atoms with E-state index in [-0.39, 0.29) is 0 Å². The summed E-state index contributed by atoms with van der Waals surface area (Å²) in [6.07, 6.45) is 1.14. The summed E-state index contributed by atoms with van der Waals surface area (Å²) in [5.41, 5.74) is 1.41. The number of carbonyl (C=O) groups is 1. The van der Waals surface area contributed by atoms with E-state index in [1.54, 1.807) is 25.1 Å². The Morgan fingerprint density at radius 2 is 2.08 bits per heavy atom. The molecule has 0 spiro atoms. The molecule has 1 aromatic carbocycles. The SMILES string of the molecule is C/C(=C\C(=O)O)c1ccccc1Cl. The van der Waals surface area contributed by atoms with Crippen LogP contribution in [0.5, 0.6) is 0 Å². The normalized spacial score (nSPS) is 11.4. The van der Waals surface area contributed by atoms with E-state index in [4.69, 9.17) is 16.7 Å². The van der Waals surface area contributed by atoms with Gasteiger partial charge in [-0.2, -0.15) is 0 Å². The van der Waals surface area contributed by atoms with Crippen LogP contribution in [0.2, 0.25) is 5.02 Å². The first-order chi connectivity index (χ1) is 6.11. The number of rotatable bonds is 2. The number of carboxylic acids is 1. The largest absolute Gasteiger partial charge is 0.478 e. The van der Waals surface area contributed by atoms with Crippen molar-refractivity contribution in [1.29, 1.82) is 0 Å². The van der Waals surface area contributed by atoms with E-state index in [0.717, 1.165) is 11.6 Å². The average Bonchev–Trinajstić information content (AvgIpc) is 2.03. The van der Waals surface area contributed by atoms with E-state index in [1.165, 1.54) is 0 Å². The van der Waals surface area contributed by atoms with Crippen LogP contribution in [-0.2, 0) is 4.79 Å². The summed E-state index contributed by atoms with van der Waals surface area (Å²) in [7, 11) is 0. The standard InChI is InChI=1S/C10H9ClO2/c1-7(6-10(12)13)8-4-2-3-5-9(8)11/h2-6H,1H3,(H,12,13)/b7-6+. The van der Waals surface area contributed by atoms with Crippen LogP contribution in [0.15, 0.2) is 30.3 Å². The zero-order valence-electron chi connectivity index (χ0n) is 7.12. The fourth-order valence-corrected chi connectivity index (χ4v) is 1.33. The molecule has 0 heterocycles. The van der Waals surface area contributed by atoms with Crippen LogP contribution < -0.4 is 0 Å². The van der Waals surface area contributed by atoms with Gasteiger partial charge in [0.2, 0.25) is 0 Å². The van der Waals surface area contributed by atoms with E-state index in [2.05, 4.69) is 0 Å². The van der Waals surface area contributed by atoms with Gasteiger partial charge in [-0.15, -0.1) is 0 Å². The third kappa shape index (κ3) is 2.60. The molecule has 1 aromatic rings. The smallest absolute Gasteiger partial charge is 0.328 e. The second-order valence-electron chi connectivity index (χ2n) is 2.65. The maximum Gasteiger partial charge on any atom is 0.328 e. The predicted molar refractivity (Wildman–Crippen MR) is 52.7 cm³/mol. The molecular weight excluding hydrogens is 188 g/mol. The molecule has 2 nitrogen and oxygen atoms in total. The molecule has 0 aliphatic carbocycles. The molecule has 68 valence electrons. The molecule has 0 atom stereocenters. The van der Waals surface area contributed by atoms with Gasteiger partial charge in [-0.05, 0) is 24.1 Å². The summed E-state index contributed by atoms with van der Waals surface area (Å²) < 4.78 is 0. The van der Waals surface area contributed by atoms with Gasteiger partial charge in [-0.1, -0.05) is 29.8 Å². The van der Waals surface area contributed by atoms with Crippen molar-refractivity contribution in [3.63, 3.8) is 0 Å². The molecule has 13 heavy (non-hydrogen) atoms. The van der Waals surface area contributed by atoms with E-state index < -0.39 is 5.97 Å². The molecule has 0 aliphatic rings. The van der Waals surface area contributed by atoms with Crippen molar-refractivity contribution in [2.45, 2.75) is 6.92 Å². The first kappa shape index (κ1) is 9.81. The van der Waals surface area contributed by atoms with Gasteiger partial charge in [0.25, 0.3) is 0 Å². The van der Waals surface area contributed by atoms with Crippen LogP contribution in [0, 0.1) is 0 Å². The Morgan fingerprint density at radius 1 is 1.46 bits per heavy atom. The number of hydrogen-bond donors (Lipinski definition) is 1. The molecular formula is C10H9ClO2. The number of carboxylic acid groups (broad SMARTS) is 1. The molecule has 1 N–H and O–H groups in total. The average molecular weight is 197 g/mol. The van der Waals surface area contributed by atoms with Crippen molar-refractivity contribution >= 4 is 23.1 Å². The van der Waals surface area contributed by atoms with Crippen LogP contribution >= 0.6 is 11.6 Å². The summed E-state index contributed by atoms with van der Waals surface area (Å²) in [6, 6.07) is 7.15. The minimum Gasteiger partial charge on any atom is -0.478 e. The summed E-state index contributed by atoms with van der Waals surface area (Å²) in [6.45, 7) is 1.72. The monoisotopic (exact) mass is 196 g/mol. The Balaban J connectivity index is 3.08. The van der Waals surface area contributed by atoms with Gasteiger partial charge >= 0.3 is 5.97 Å². The summed E-state index contributed by atoms with van der Waals surface area (Å²) >= 11 is 5.87. The van der Waals surface area contributed by atoms with E-state index in [9.17, 15) is 4.79 Å². The molecule has 0 fully saturated rings. The van der Waals surface area contributed by atoms with Crippen molar-refractivity contribution in [3.05, 3.63) is 40.9 Å². The lowest BCUT2D eigenvalue weighted by Gasteiger charge is -2.02. The highest BCUT2D eigenvalue weighted by atomic mass is 35.5. The van der Waals surface area contributed by atoms with Crippen LogP contribution in [0.3, 0.4) is 0 Å². The summed E-state index contributed by atoms with van der Waals surface area (Å²) in [5.74, 6) is -0.961. The number of benzene rings is 1. The lowest BCUT2D eigenvalue weighted by atomic mass is 10.1. The van der Waals surface area contributed by atoms with Crippen LogP contribution in [0.1, 0.15) is 12.5 Å². The highest BCUT2D eigenvalue weighted by Crippen LogP contribution is 2.22. The van der Waals surface area contributed by atoms with Crippen LogP contribution in [0.4, 0.5) is 0 Å². The topological polar surface area (TPSA) is 37.3 Å². The van der Waals surface area contributed by atoms with Crippen LogP contribution in [0.25, 0.3) is 5.57 Å². The lowest BCUT2D eigenvalue weighted by molar-refractivity contribution is -0.131. The van der Waals surface area contributed by atoms with Crippen molar-refractivity contribution in [2.75, 3.05) is 0 Å². The van der Waals surface area contributed by atoms with Crippen LogP contribution in [-0.4, -0.2) is 11.1 Å². The Kier molecular flexibility index (Phi) is 3.09. The number of halogens is 1.